The zero-order valence-corrected chi connectivity index (χ0v) is 16.6. The van der Waals surface area contributed by atoms with Gasteiger partial charge in [0.2, 0.25) is 5.91 Å². The van der Waals surface area contributed by atoms with Crippen LogP contribution in [0.15, 0.2) is 24.3 Å². The monoisotopic (exact) mass is 396 g/mol. The van der Waals surface area contributed by atoms with Crippen molar-refractivity contribution in [3.05, 3.63) is 29.8 Å². The molecule has 2 N–H and O–H groups in total. The van der Waals surface area contributed by atoms with Crippen LogP contribution in [0.2, 0.25) is 0 Å². The summed E-state index contributed by atoms with van der Waals surface area (Å²) < 4.78 is 10.5. The lowest BCUT2D eigenvalue weighted by Gasteiger charge is -2.35. The molecular formula is C20H29ClN2O4. The van der Waals surface area contributed by atoms with Crippen molar-refractivity contribution in [2.45, 2.75) is 31.7 Å². The van der Waals surface area contributed by atoms with E-state index in [1.165, 1.54) is 0 Å². The van der Waals surface area contributed by atoms with E-state index in [0.29, 0.717) is 44.7 Å². The van der Waals surface area contributed by atoms with Crippen molar-refractivity contribution in [3.8, 4) is 5.75 Å². The van der Waals surface area contributed by atoms with Gasteiger partial charge in [0.15, 0.2) is 5.78 Å². The second-order valence-corrected chi connectivity index (χ2v) is 7.17. The highest BCUT2D eigenvalue weighted by Crippen LogP contribution is 2.25. The van der Waals surface area contributed by atoms with Crippen molar-refractivity contribution in [1.29, 1.82) is 0 Å². The molecule has 6 nitrogen and oxygen atoms in total. The number of hydrogen-bond acceptors (Lipinski definition) is 5. The lowest BCUT2D eigenvalue weighted by atomic mass is 9.87. The van der Waals surface area contributed by atoms with E-state index in [1.54, 1.807) is 31.4 Å². The van der Waals surface area contributed by atoms with Crippen LogP contribution in [0, 0.1) is 11.8 Å². The van der Waals surface area contributed by atoms with Gasteiger partial charge in [-0.05, 0) is 55.9 Å². The minimum absolute atomic E-state index is 0. The van der Waals surface area contributed by atoms with E-state index in [1.807, 2.05) is 4.90 Å². The first-order valence-corrected chi connectivity index (χ1v) is 9.40. The van der Waals surface area contributed by atoms with Gasteiger partial charge in [-0.25, -0.2) is 0 Å². The molecule has 0 spiro atoms. The van der Waals surface area contributed by atoms with E-state index < -0.39 is 6.04 Å². The Bertz CT molecular complexity index is 623. The molecule has 0 aliphatic carbocycles. The van der Waals surface area contributed by atoms with Gasteiger partial charge in [-0.2, -0.15) is 0 Å². The maximum absolute atomic E-state index is 12.7. The van der Waals surface area contributed by atoms with E-state index in [4.69, 9.17) is 15.2 Å². The average Bonchev–Trinajstić information content (AvgIpc) is 2.73. The highest BCUT2D eigenvalue weighted by atomic mass is 35.5. The number of rotatable bonds is 5. The minimum Gasteiger partial charge on any atom is -0.497 e. The fourth-order valence-corrected chi connectivity index (χ4v) is 3.84. The molecule has 27 heavy (non-hydrogen) atoms. The van der Waals surface area contributed by atoms with Crippen LogP contribution in [0.4, 0.5) is 0 Å². The van der Waals surface area contributed by atoms with E-state index >= 15 is 0 Å². The Labute approximate surface area is 166 Å². The summed E-state index contributed by atoms with van der Waals surface area (Å²) in [5.41, 5.74) is 6.91. The summed E-state index contributed by atoms with van der Waals surface area (Å²) in [6.45, 7) is 2.57. The highest BCUT2D eigenvalue weighted by molar-refractivity contribution is 5.98. The van der Waals surface area contributed by atoms with Gasteiger partial charge in [0.1, 0.15) is 5.75 Å². The summed E-state index contributed by atoms with van der Waals surface area (Å²) in [6.07, 6.45) is 3.08. The van der Waals surface area contributed by atoms with Crippen LogP contribution in [-0.4, -0.2) is 56.0 Å². The average molecular weight is 397 g/mol. The van der Waals surface area contributed by atoms with Gasteiger partial charge < -0.3 is 20.1 Å². The Hall–Kier alpha value is -1.63. The first-order valence-electron chi connectivity index (χ1n) is 9.40. The number of hydrogen-bond donors (Lipinski definition) is 1. The van der Waals surface area contributed by atoms with E-state index in [2.05, 4.69) is 0 Å². The van der Waals surface area contributed by atoms with Crippen LogP contribution >= 0.6 is 12.4 Å². The van der Waals surface area contributed by atoms with E-state index in [9.17, 15) is 9.59 Å². The molecule has 2 fully saturated rings. The molecule has 1 aromatic carbocycles. The lowest BCUT2D eigenvalue weighted by molar-refractivity contribution is -0.136. The molecule has 0 aromatic heterocycles. The normalized spacial score (nSPS) is 19.9. The van der Waals surface area contributed by atoms with E-state index in [0.717, 1.165) is 18.6 Å². The third-order valence-corrected chi connectivity index (χ3v) is 5.61. The Morgan fingerprint density at radius 2 is 1.70 bits per heavy atom. The summed E-state index contributed by atoms with van der Waals surface area (Å²) in [5, 5.41) is 0. The number of benzene rings is 1. The number of carbonyl (C=O) groups is 2. The van der Waals surface area contributed by atoms with Gasteiger partial charge in [-0.15, -0.1) is 12.4 Å². The molecule has 3 rings (SSSR count). The quantitative estimate of drug-likeness (QED) is 0.772. The number of ether oxygens (including phenoxy) is 2. The van der Waals surface area contributed by atoms with Crippen LogP contribution in [0.25, 0.3) is 0 Å². The third kappa shape index (κ3) is 5.21. The number of likely N-dealkylation sites (tertiary alicyclic amines) is 1. The Balaban J connectivity index is 0.00000261. The zero-order chi connectivity index (χ0) is 18.5. The van der Waals surface area contributed by atoms with Crippen molar-refractivity contribution in [1.82, 2.24) is 4.90 Å². The molecule has 0 saturated carbocycles. The van der Waals surface area contributed by atoms with Gasteiger partial charge in [0.25, 0.3) is 0 Å². The first-order chi connectivity index (χ1) is 12.6. The summed E-state index contributed by atoms with van der Waals surface area (Å²) >= 11 is 0. The van der Waals surface area contributed by atoms with Gasteiger partial charge in [-0.3, -0.25) is 9.59 Å². The zero-order valence-electron chi connectivity index (χ0n) is 15.8. The molecule has 1 atom stereocenters. The SMILES string of the molecule is COc1ccc(C(=O)C2CCN(C(=O)C(N)C3CCOCC3)CC2)cc1.Cl. The number of nitrogens with two attached hydrogens (primary N) is 1. The molecule has 1 aromatic rings. The van der Waals surface area contributed by atoms with Crippen LogP contribution < -0.4 is 10.5 Å². The van der Waals surface area contributed by atoms with Crippen LogP contribution in [0.3, 0.4) is 0 Å². The molecule has 1 unspecified atom stereocenters. The largest absolute Gasteiger partial charge is 0.497 e. The topological polar surface area (TPSA) is 81.9 Å². The highest BCUT2D eigenvalue weighted by Gasteiger charge is 2.33. The number of ketones is 1. The molecule has 1 amide bonds. The fraction of sp³-hybridized carbons (Fsp3) is 0.600. The van der Waals surface area contributed by atoms with E-state index in [-0.39, 0.29) is 35.9 Å². The maximum Gasteiger partial charge on any atom is 0.239 e. The number of amides is 1. The Morgan fingerprint density at radius 1 is 1.11 bits per heavy atom. The minimum atomic E-state index is -0.451. The second kappa shape index (κ2) is 10.1. The summed E-state index contributed by atoms with van der Waals surface area (Å²) in [4.78, 5) is 27.2. The molecule has 2 aliphatic rings. The molecule has 0 radical (unpaired) electrons. The second-order valence-electron chi connectivity index (χ2n) is 7.17. The number of methoxy groups -OCH3 is 1. The van der Waals surface area contributed by atoms with Crippen molar-refractivity contribution in [3.63, 3.8) is 0 Å². The number of halogens is 1. The number of carbonyl (C=O) groups excluding carboxylic acids is 2. The van der Waals surface area contributed by atoms with Crippen molar-refractivity contribution in [2.24, 2.45) is 17.6 Å². The fourth-order valence-electron chi connectivity index (χ4n) is 3.84. The lowest BCUT2D eigenvalue weighted by Crippen LogP contribution is -2.51. The van der Waals surface area contributed by atoms with Crippen molar-refractivity contribution >= 4 is 24.1 Å². The predicted molar refractivity (Wildman–Crippen MR) is 105 cm³/mol. The smallest absolute Gasteiger partial charge is 0.239 e. The predicted octanol–water partition coefficient (Wildman–Crippen LogP) is 2.29. The van der Waals surface area contributed by atoms with Crippen molar-refractivity contribution in [2.75, 3.05) is 33.4 Å². The Kier molecular flexibility index (Phi) is 8.07. The summed E-state index contributed by atoms with van der Waals surface area (Å²) in [7, 11) is 1.61. The van der Waals surface area contributed by atoms with Gasteiger partial charge in [0, 0.05) is 37.8 Å². The molecule has 7 heteroatoms. The molecule has 150 valence electrons. The summed E-state index contributed by atoms with van der Waals surface area (Å²) in [6, 6.07) is 6.77. The van der Waals surface area contributed by atoms with Crippen molar-refractivity contribution < 1.29 is 19.1 Å². The molecule has 2 heterocycles. The number of piperidine rings is 1. The number of nitrogens with zero attached hydrogens (tertiary/aromatic N) is 1. The maximum atomic E-state index is 12.7. The molecular weight excluding hydrogens is 368 g/mol. The van der Waals surface area contributed by atoms with Crippen LogP contribution in [0.5, 0.6) is 5.75 Å². The number of Topliss-reactive ketones (excluding diaryl/α,β-unsaturated/α-hetero) is 1. The van der Waals surface area contributed by atoms with Gasteiger partial charge >= 0.3 is 0 Å². The molecule has 2 aliphatic heterocycles. The van der Waals surface area contributed by atoms with Crippen LogP contribution in [-0.2, 0) is 9.53 Å². The Morgan fingerprint density at radius 3 is 2.26 bits per heavy atom. The standard InChI is InChI=1S/C20H28N2O4.ClH/c1-25-17-4-2-15(3-5-17)19(23)16-6-10-22(11-7-16)20(24)18(21)14-8-12-26-13-9-14;/h2-5,14,16,18H,6-13,21H2,1H3;1H. The molecule has 0 bridgehead atoms. The third-order valence-electron chi connectivity index (χ3n) is 5.61. The molecule has 2 saturated heterocycles. The first kappa shape index (κ1) is 21.7. The van der Waals surface area contributed by atoms with Gasteiger partial charge in [0.05, 0.1) is 13.2 Å². The van der Waals surface area contributed by atoms with Crippen LogP contribution in [0.1, 0.15) is 36.0 Å². The van der Waals surface area contributed by atoms with Gasteiger partial charge in [-0.1, -0.05) is 0 Å². The summed E-state index contributed by atoms with van der Waals surface area (Å²) in [5.74, 6) is 1.08.